The second-order valence-electron chi connectivity index (χ2n) is 7.90. The summed E-state index contributed by atoms with van der Waals surface area (Å²) in [5.41, 5.74) is 4.17. The zero-order valence-corrected chi connectivity index (χ0v) is 18.0. The summed E-state index contributed by atoms with van der Waals surface area (Å²) in [6, 6.07) is 20.1. The third-order valence-corrected chi connectivity index (χ3v) is 5.69. The van der Waals surface area contributed by atoms with E-state index in [4.69, 9.17) is 9.47 Å². The minimum Gasteiger partial charge on any atom is -0.489 e. The number of rotatable bonds is 8. The molecule has 2 aromatic carbocycles. The Morgan fingerprint density at radius 2 is 1.72 bits per heavy atom. The van der Waals surface area contributed by atoms with Crippen molar-refractivity contribution < 1.29 is 9.47 Å². The van der Waals surface area contributed by atoms with E-state index in [9.17, 15) is 0 Å². The lowest BCUT2D eigenvalue weighted by atomic mass is 10.0. The molecule has 0 amide bonds. The molecule has 2 aliphatic rings. The average Bonchev–Trinajstić information content (AvgIpc) is 3.48. The van der Waals surface area contributed by atoms with Crippen LogP contribution in [0.25, 0.3) is 0 Å². The number of anilines is 2. The van der Waals surface area contributed by atoms with Crippen LogP contribution in [0, 0.1) is 5.92 Å². The normalized spacial score (nSPS) is 18.5. The molecule has 2 unspecified atom stereocenters. The minimum absolute atomic E-state index is 0.114. The first-order valence-electron chi connectivity index (χ1n) is 10.9. The highest BCUT2D eigenvalue weighted by Gasteiger charge is 2.23. The molecule has 1 aromatic heterocycles. The second kappa shape index (κ2) is 9.14. The van der Waals surface area contributed by atoms with Gasteiger partial charge in [-0.25, -0.2) is 4.98 Å². The molecule has 2 aliphatic heterocycles. The van der Waals surface area contributed by atoms with Gasteiger partial charge in [0.25, 0.3) is 0 Å². The van der Waals surface area contributed by atoms with E-state index in [-0.39, 0.29) is 6.17 Å². The summed E-state index contributed by atoms with van der Waals surface area (Å²) in [7, 11) is 0. The third-order valence-electron chi connectivity index (χ3n) is 5.69. The molecule has 5 rings (SSSR count). The van der Waals surface area contributed by atoms with Crippen LogP contribution in [0.2, 0.25) is 0 Å². The Labute approximate surface area is 188 Å². The summed E-state index contributed by atoms with van der Waals surface area (Å²) in [6.07, 6.45) is 6.68. The van der Waals surface area contributed by atoms with Gasteiger partial charge in [0.2, 0.25) is 0 Å². The molecule has 3 heterocycles. The molecule has 0 radical (unpaired) electrons. The van der Waals surface area contributed by atoms with Crippen molar-refractivity contribution in [3.05, 3.63) is 90.3 Å². The van der Waals surface area contributed by atoms with Crippen molar-refractivity contribution in [3.63, 3.8) is 0 Å². The fourth-order valence-electron chi connectivity index (χ4n) is 3.92. The monoisotopic (exact) mass is 426 g/mol. The summed E-state index contributed by atoms with van der Waals surface area (Å²) in [5, 5.41) is 6.90. The van der Waals surface area contributed by atoms with Crippen molar-refractivity contribution in [2.75, 3.05) is 17.2 Å². The summed E-state index contributed by atoms with van der Waals surface area (Å²) in [4.78, 5) is 8.88. The van der Waals surface area contributed by atoms with Crippen LogP contribution in [-0.2, 0) is 6.61 Å². The number of aromatic nitrogens is 1. The number of hydrogen-bond donors (Lipinski definition) is 2. The summed E-state index contributed by atoms with van der Waals surface area (Å²) >= 11 is 0. The lowest BCUT2D eigenvalue weighted by Crippen LogP contribution is -2.18. The van der Waals surface area contributed by atoms with Gasteiger partial charge in [0, 0.05) is 29.9 Å². The summed E-state index contributed by atoms with van der Waals surface area (Å²) < 4.78 is 12.3. The molecule has 0 bridgehead atoms. The van der Waals surface area contributed by atoms with E-state index in [2.05, 4.69) is 45.7 Å². The van der Waals surface area contributed by atoms with Gasteiger partial charge >= 0.3 is 0 Å². The van der Waals surface area contributed by atoms with Crippen LogP contribution in [0.3, 0.4) is 0 Å². The van der Waals surface area contributed by atoms with Crippen molar-refractivity contribution in [1.82, 2.24) is 4.98 Å². The van der Waals surface area contributed by atoms with E-state index in [1.165, 1.54) is 0 Å². The molecule has 3 aromatic rings. The molecule has 2 atom stereocenters. The molecule has 32 heavy (non-hydrogen) atoms. The van der Waals surface area contributed by atoms with Gasteiger partial charge in [-0.3, -0.25) is 4.99 Å². The number of benzene rings is 2. The van der Waals surface area contributed by atoms with E-state index in [1.807, 2.05) is 54.7 Å². The Hall–Kier alpha value is -3.80. The second-order valence-corrected chi connectivity index (χ2v) is 7.90. The molecule has 0 saturated heterocycles. The van der Waals surface area contributed by atoms with Crippen LogP contribution >= 0.6 is 0 Å². The molecular weight excluding hydrogens is 400 g/mol. The van der Waals surface area contributed by atoms with Crippen LogP contribution in [0.5, 0.6) is 11.5 Å². The number of allylic oxidation sites excluding steroid dienone is 1. The van der Waals surface area contributed by atoms with Gasteiger partial charge in [-0.05, 0) is 36.2 Å². The lowest BCUT2D eigenvalue weighted by Gasteiger charge is -2.18. The Morgan fingerprint density at radius 1 is 0.906 bits per heavy atom. The molecule has 6 heteroatoms. The maximum absolute atomic E-state index is 6.17. The van der Waals surface area contributed by atoms with E-state index in [1.54, 1.807) is 6.20 Å². The highest BCUT2D eigenvalue weighted by Crippen LogP contribution is 2.36. The van der Waals surface area contributed by atoms with Crippen molar-refractivity contribution in [1.29, 1.82) is 0 Å². The Balaban J connectivity index is 1.36. The van der Waals surface area contributed by atoms with Crippen molar-refractivity contribution in [3.8, 4) is 11.5 Å². The molecule has 6 nitrogen and oxygen atoms in total. The first kappa shape index (κ1) is 20.1. The molecule has 0 aliphatic carbocycles. The van der Waals surface area contributed by atoms with Crippen LogP contribution in [-0.4, -0.2) is 17.3 Å². The minimum atomic E-state index is -0.114. The number of nitrogens with zero attached hydrogens (tertiary/aromatic N) is 2. The molecule has 0 fully saturated rings. The van der Waals surface area contributed by atoms with Crippen molar-refractivity contribution >= 4 is 17.2 Å². The maximum Gasteiger partial charge on any atom is 0.151 e. The summed E-state index contributed by atoms with van der Waals surface area (Å²) in [5.74, 6) is 2.70. The highest BCUT2D eigenvalue weighted by molar-refractivity contribution is 5.91. The largest absolute Gasteiger partial charge is 0.489 e. The first-order valence-corrected chi connectivity index (χ1v) is 10.9. The standard InChI is InChI=1S/C26H26N4O2/c1-2-19-10-12-27-24(19)17-32-22-14-20(25-29-23-9-6-11-28-26(23)30-25)13-21(15-22)31-16-18-7-4-3-5-8-18/h3-15,19,25,29H,2,16-17H2,1H3,(H,28,30). The SMILES string of the molecule is CCC1C=CN=C1COc1cc(OCc2ccccc2)cc(C2Nc3cccnc3N2)c1. The topological polar surface area (TPSA) is 67.8 Å². The van der Waals surface area contributed by atoms with Gasteiger partial charge < -0.3 is 20.1 Å². The number of ether oxygens (including phenoxy) is 2. The Bertz CT molecular complexity index is 1120. The molecule has 0 spiro atoms. The summed E-state index contributed by atoms with van der Waals surface area (Å²) in [6.45, 7) is 3.11. The zero-order valence-electron chi connectivity index (χ0n) is 18.0. The quantitative estimate of drug-likeness (QED) is 0.493. The van der Waals surface area contributed by atoms with E-state index in [0.29, 0.717) is 19.1 Å². The fourth-order valence-corrected chi connectivity index (χ4v) is 3.92. The van der Waals surface area contributed by atoms with Gasteiger partial charge in [-0.2, -0.15) is 0 Å². The number of fused-ring (bicyclic) bond motifs is 1. The predicted octanol–water partition coefficient (Wildman–Crippen LogP) is 5.57. The molecular formula is C26H26N4O2. The smallest absolute Gasteiger partial charge is 0.151 e. The van der Waals surface area contributed by atoms with Crippen LogP contribution < -0.4 is 20.1 Å². The van der Waals surface area contributed by atoms with E-state index < -0.39 is 0 Å². The van der Waals surface area contributed by atoms with Crippen LogP contribution in [0.15, 0.2) is 84.1 Å². The molecule has 2 N–H and O–H groups in total. The van der Waals surface area contributed by atoms with Gasteiger partial charge in [0.1, 0.15) is 30.9 Å². The number of nitrogens with one attached hydrogen (secondary N) is 2. The highest BCUT2D eigenvalue weighted by atomic mass is 16.5. The van der Waals surface area contributed by atoms with Gasteiger partial charge in [-0.15, -0.1) is 0 Å². The number of pyridine rings is 1. The maximum atomic E-state index is 6.17. The first-order chi connectivity index (χ1) is 15.8. The Morgan fingerprint density at radius 3 is 2.50 bits per heavy atom. The molecule has 0 saturated carbocycles. The van der Waals surface area contributed by atoms with Crippen LogP contribution in [0.1, 0.15) is 30.6 Å². The van der Waals surface area contributed by atoms with Crippen molar-refractivity contribution in [2.24, 2.45) is 10.9 Å². The fraction of sp³-hybridized carbons (Fsp3) is 0.231. The van der Waals surface area contributed by atoms with Gasteiger partial charge in [0.05, 0.1) is 11.4 Å². The number of aliphatic imine (C=N–C) groups is 1. The van der Waals surface area contributed by atoms with Gasteiger partial charge in [0.15, 0.2) is 5.82 Å². The van der Waals surface area contributed by atoms with Gasteiger partial charge in [-0.1, -0.05) is 43.3 Å². The van der Waals surface area contributed by atoms with E-state index in [0.717, 1.165) is 46.3 Å². The lowest BCUT2D eigenvalue weighted by molar-refractivity contribution is 0.301. The van der Waals surface area contributed by atoms with Crippen LogP contribution in [0.4, 0.5) is 11.5 Å². The van der Waals surface area contributed by atoms with E-state index >= 15 is 0 Å². The van der Waals surface area contributed by atoms with Crippen molar-refractivity contribution in [2.45, 2.75) is 26.1 Å². The zero-order chi connectivity index (χ0) is 21.8. The average molecular weight is 427 g/mol. The number of hydrogen-bond acceptors (Lipinski definition) is 6. The Kier molecular flexibility index (Phi) is 5.75. The predicted molar refractivity (Wildman–Crippen MR) is 127 cm³/mol. The molecule has 162 valence electrons. The third kappa shape index (κ3) is 4.44.